The summed E-state index contributed by atoms with van der Waals surface area (Å²) in [5.41, 5.74) is 1.27. The van der Waals surface area contributed by atoms with E-state index in [2.05, 4.69) is 15.5 Å². The Morgan fingerprint density at radius 1 is 1.14 bits per heavy atom. The first-order valence-electron chi connectivity index (χ1n) is 9.05. The number of aromatic nitrogens is 2. The fourth-order valence-corrected chi connectivity index (χ4v) is 3.03. The van der Waals surface area contributed by atoms with Crippen LogP contribution in [-0.2, 0) is 6.42 Å². The van der Waals surface area contributed by atoms with Crippen LogP contribution in [0.1, 0.15) is 29.4 Å². The molecule has 2 aromatic carbocycles. The van der Waals surface area contributed by atoms with Crippen molar-refractivity contribution in [3.8, 4) is 22.8 Å². The first kappa shape index (κ1) is 20.3. The van der Waals surface area contributed by atoms with Gasteiger partial charge in [-0.15, -0.1) is 0 Å². The number of carbonyl (C=O) groups excluding carboxylic acids is 1. The monoisotopic (exact) mass is 401 g/mol. The number of hydrogen-bond acceptors (Lipinski definition) is 4. The smallest absolute Gasteiger partial charge is 0.261 e. The van der Waals surface area contributed by atoms with Gasteiger partial charge in [-0.3, -0.25) is 9.89 Å². The number of benzene rings is 2. The number of nitrogens with zero attached hydrogens (tertiary/aromatic N) is 1. The molecule has 0 spiro atoms. The molecule has 2 N–H and O–H groups in total. The number of rotatable bonds is 7. The Morgan fingerprint density at radius 2 is 1.86 bits per heavy atom. The van der Waals surface area contributed by atoms with Gasteiger partial charge in [0.1, 0.15) is 34.4 Å². The molecule has 29 heavy (non-hydrogen) atoms. The normalized spacial score (nSPS) is 10.7. The Labute approximate surface area is 166 Å². The molecule has 0 bridgehead atoms. The van der Waals surface area contributed by atoms with Crippen molar-refractivity contribution < 1.29 is 23.0 Å². The molecule has 1 heterocycles. The van der Waals surface area contributed by atoms with E-state index >= 15 is 0 Å². The first-order chi connectivity index (χ1) is 14.0. The maximum Gasteiger partial charge on any atom is 0.261 e. The van der Waals surface area contributed by atoms with Crippen LogP contribution in [0.5, 0.6) is 11.5 Å². The minimum Gasteiger partial charge on any atom is -0.497 e. The van der Waals surface area contributed by atoms with Crippen molar-refractivity contribution in [2.45, 2.75) is 19.8 Å². The van der Waals surface area contributed by atoms with Crippen molar-refractivity contribution in [2.24, 2.45) is 0 Å². The largest absolute Gasteiger partial charge is 0.497 e. The molecule has 3 aromatic rings. The second-order valence-corrected chi connectivity index (χ2v) is 6.29. The highest BCUT2D eigenvalue weighted by Crippen LogP contribution is 2.38. The molecule has 0 saturated carbocycles. The number of aryl methyl sites for hydroxylation is 1. The molecule has 3 rings (SSSR count). The van der Waals surface area contributed by atoms with Gasteiger partial charge in [-0.25, -0.2) is 8.78 Å². The molecule has 0 atom stereocenters. The van der Waals surface area contributed by atoms with Gasteiger partial charge in [-0.1, -0.05) is 19.4 Å². The van der Waals surface area contributed by atoms with E-state index in [0.717, 1.165) is 18.6 Å². The molecule has 0 radical (unpaired) electrons. The van der Waals surface area contributed by atoms with Crippen LogP contribution in [0.15, 0.2) is 36.4 Å². The average molecular weight is 401 g/mol. The number of anilines is 1. The van der Waals surface area contributed by atoms with Gasteiger partial charge in [0.2, 0.25) is 0 Å². The van der Waals surface area contributed by atoms with Crippen molar-refractivity contribution in [1.82, 2.24) is 10.2 Å². The lowest BCUT2D eigenvalue weighted by Crippen LogP contribution is -2.17. The second kappa shape index (κ2) is 8.72. The summed E-state index contributed by atoms with van der Waals surface area (Å²) in [6, 6.07) is 8.43. The number of aromatic amines is 1. The minimum atomic E-state index is -0.941. The summed E-state index contributed by atoms with van der Waals surface area (Å²) in [5, 5.41) is 9.84. The van der Waals surface area contributed by atoms with Gasteiger partial charge in [-0.05, 0) is 36.8 Å². The highest BCUT2D eigenvalue weighted by atomic mass is 19.1. The summed E-state index contributed by atoms with van der Waals surface area (Å²) in [6.45, 7) is 1.97. The number of halogens is 2. The summed E-state index contributed by atoms with van der Waals surface area (Å²) in [4.78, 5) is 12.7. The highest BCUT2D eigenvalue weighted by molar-refractivity contribution is 6.07. The van der Waals surface area contributed by atoms with Crippen LogP contribution in [0.25, 0.3) is 11.3 Å². The third-order valence-corrected chi connectivity index (χ3v) is 4.43. The van der Waals surface area contributed by atoms with Crippen LogP contribution in [0.3, 0.4) is 0 Å². The number of carbonyl (C=O) groups is 1. The molecular formula is C21H21F2N3O3. The summed E-state index contributed by atoms with van der Waals surface area (Å²) in [6.07, 6.45) is 1.35. The zero-order chi connectivity index (χ0) is 21.0. The number of ether oxygens (including phenoxy) is 2. The van der Waals surface area contributed by atoms with E-state index in [1.54, 1.807) is 18.2 Å². The van der Waals surface area contributed by atoms with Crippen molar-refractivity contribution in [1.29, 1.82) is 0 Å². The molecule has 6 nitrogen and oxygen atoms in total. The molecule has 0 aliphatic carbocycles. The average Bonchev–Trinajstić information content (AvgIpc) is 3.09. The Morgan fingerprint density at radius 3 is 2.48 bits per heavy atom. The number of H-pyrrole nitrogens is 1. The Balaban J connectivity index is 2.10. The predicted octanol–water partition coefficient (Wildman–Crippen LogP) is 4.58. The quantitative estimate of drug-likeness (QED) is 0.608. The summed E-state index contributed by atoms with van der Waals surface area (Å²) in [7, 11) is 3.04. The summed E-state index contributed by atoms with van der Waals surface area (Å²) in [5.74, 6) is -1.71. The van der Waals surface area contributed by atoms with E-state index in [4.69, 9.17) is 9.47 Å². The number of nitrogens with one attached hydrogen (secondary N) is 2. The Hall–Kier alpha value is -3.42. The molecule has 0 aliphatic heterocycles. The Kier molecular flexibility index (Phi) is 6.11. The van der Waals surface area contributed by atoms with Crippen molar-refractivity contribution >= 4 is 11.6 Å². The zero-order valence-electron chi connectivity index (χ0n) is 16.3. The highest BCUT2D eigenvalue weighted by Gasteiger charge is 2.23. The van der Waals surface area contributed by atoms with Crippen LogP contribution >= 0.6 is 0 Å². The van der Waals surface area contributed by atoms with Gasteiger partial charge < -0.3 is 14.8 Å². The van der Waals surface area contributed by atoms with E-state index < -0.39 is 23.1 Å². The van der Waals surface area contributed by atoms with Gasteiger partial charge in [0.15, 0.2) is 0 Å². The van der Waals surface area contributed by atoms with Crippen LogP contribution < -0.4 is 14.8 Å². The van der Waals surface area contributed by atoms with Crippen molar-refractivity contribution in [2.75, 3.05) is 19.5 Å². The van der Waals surface area contributed by atoms with Crippen LogP contribution in [-0.4, -0.2) is 30.3 Å². The first-order valence-corrected chi connectivity index (χ1v) is 9.05. The van der Waals surface area contributed by atoms with E-state index in [-0.39, 0.29) is 0 Å². The fourth-order valence-electron chi connectivity index (χ4n) is 3.03. The maximum atomic E-state index is 14.1. The lowest BCUT2D eigenvalue weighted by atomic mass is 10.1. The van der Waals surface area contributed by atoms with E-state index in [1.807, 2.05) is 6.92 Å². The topological polar surface area (TPSA) is 76.2 Å². The molecule has 1 aromatic heterocycles. The van der Waals surface area contributed by atoms with Gasteiger partial charge in [0, 0.05) is 5.56 Å². The molecule has 152 valence electrons. The second-order valence-electron chi connectivity index (χ2n) is 6.29. The molecule has 1 amide bonds. The van der Waals surface area contributed by atoms with Gasteiger partial charge in [-0.2, -0.15) is 5.10 Å². The van der Waals surface area contributed by atoms with Crippen LogP contribution in [0.2, 0.25) is 0 Å². The third kappa shape index (κ3) is 4.06. The van der Waals surface area contributed by atoms with Gasteiger partial charge in [0.05, 0.1) is 25.6 Å². The lowest BCUT2D eigenvalue weighted by Gasteiger charge is -2.12. The number of amides is 1. The van der Waals surface area contributed by atoms with Crippen molar-refractivity contribution in [3.05, 3.63) is 59.3 Å². The fraction of sp³-hybridized carbons (Fsp3) is 0.238. The van der Waals surface area contributed by atoms with E-state index in [0.29, 0.717) is 40.6 Å². The van der Waals surface area contributed by atoms with Crippen LogP contribution in [0.4, 0.5) is 14.5 Å². The summed E-state index contributed by atoms with van der Waals surface area (Å²) < 4.78 is 38.8. The molecule has 0 saturated heterocycles. The SMILES string of the molecule is CCCc1[nH]nc(-c2cc(OC)ccc2OC)c1NC(=O)c1c(F)cccc1F. The molecule has 0 fully saturated rings. The maximum absolute atomic E-state index is 14.1. The third-order valence-electron chi connectivity index (χ3n) is 4.43. The zero-order valence-corrected chi connectivity index (χ0v) is 16.3. The number of hydrogen-bond donors (Lipinski definition) is 2. The summed E-state index contributed by atoms with van der Waals surface area (Å²) >= 11 is 0. The minimum absolute atomic E-state index is 0.339. The van der Waals surface area contributed by atoms with Crippen LogP contribution in [0, 0.1) is 11.6 Å². The van der Waals surface area contributed by atoms with E-state index in [1.165, 1.54) is 20.3 Å². The predicted molar refractivity (Wildman–Crippen MR) is 105 cm³/mol. The molecule has 0 unspecified atom stereocenters. The number of methoxy groups -OCH3 is 2. The standard InChI is InChI=1S/C21H21F2N3O3/c1-4-6-16-20(24-21(27)18-14(22)7-5-8-15(18)23)19(26-25-16)13-11-12(28-2)9-10-17(13)29-3/h5,7-11H,4,6H2,1-3H3,(H,24,27)(H,25,26). The molecular weight excluding hydrogens is 380 g/mol. The molecule has 0 aliphatic rings. The molecule has 8 heteroatoms. The Bertz CT molecular complexity index is 1010. The lowest BCUT2D eigenvalue weighted by molar-refractivity contribution is 0.101. The van der Waals surface area contributed by atoms with Gasteiger partial charge >= 0.3 is 0 Å². The van der Waals surface area contributed by atoms with Crippen molar-refractivity contribution in [3.63, 3.8) is 0 Å². The van der Waals surface area contributed by atoms with E-state index in [9.17, 15) is 13.6 Å². The van der Waals surface area contributed by atoms with Gasteiger partial charge in [0.25, 0.3) is 5.91 Å².